The van der Waals surface area contributed by atoms with E-state index < -0.39 is 5.63 Å². The smallest absolute Gasteiger partial charge is 0.336 e. The topological polar surface area (TPSA) is 71.8 Å². The molecule has 7 heteroatoms. The maximum Gasteiger partial charge on any atom is 0.336 e. The van der Waals surface area contributed by atoms with Crippen molar-refractivity contribution in [2.75, 3.05) is 25.5 Å². The van der Waals surface area contributed by atoms with Crippen LogP contribution in [-0.2, 0) is 11.3 Å². The molecule has 0 aliphatic heterocycles. The third kappa shape index (κ3) is 4.96. The number of nitrogens with zero attached hydrogens (tertiary/aromatic N) is 1. The number of amides is 1. The largest absolute Gasteiger partial charge is 0.495 e. The van der Waals surface area contributed by atoms with Gasteiger partial charge < -0.3 is 14.5 Å². The van der Waals surface area contributed by atoms with Gasteiger partial charge in [0.05, 0.1) is 19.3 Å². The Morgan fingerprint density at radius 3 is 2.72 bits per heavy atom. The van der Waals surface area contributed by atoms with Crippen LogP contribution in [0.1, 0.15) is 18.1 Å². The number of fused-ring (bicyclic) bond motifs is 1. The van der Waals surface area contributed by atoms with E-state index in [9.17, 15) is 9.59 Å². The lowest BCUT2D eigenvalue weighted by molar-refractivity contribution is -0.117. The summed E-state index contributed by atoms with van der Waals surface area (Å²) < 4.78 is 10.6. The summed E-state index contributed by atoms with van der Waals surface area (Å²) in [6.07, 6.45) is 0. The number of aryl methyl sites for hydroxylation is 1. The second-order valence-corrected chi connectivity index (χ2v) is 7.15. The monoisotopic (exact) mass is 414 g/mol. The number of benzene rings is 2. The van der Waals surface area contributed by atoms with Gasteiger partial charge in [-0.15, -0.1) is 0 Å². The predicted octanol–water partition coefficient (Wildman–Crippen LogP) is 4.22. The van der Waals surface area contributed by atoms with Crippen molar-refractivity contribution in [2.45, 2.75) is 20.4 Å². The van der Waals surface area contributed by atoms with Crippen molar-refractivity contribution >= 4 is 34.2 Å². The Balaban J connectivity index is 1.80. The molecule has 29 heavy (non-hydrogen) atoms. The van der Waals surface area contributed by atoms with Crippen molar-refractivity contribution in [3.05, 3.63) is 69.0 Å². The van der Waals surface area contributed by atoms with Crippen molar-refractivity contribution < 1.29 is 13.9 Å². The van der Waals surface area contributed by atoms with Crippen LogP contribution >= 0.6 is 11.6 Å². The molecule has 0 aliphatic carbocycles. The van der Waals surface area contributed by atoms with Crippen molar-refractivity contribution in [2.24, 2.45) is 0 Å². The Bertz CT molecular complexity index is 1090. The van der Waals surface area contributed by atoms with E-state index in [-0.39, 0.29) is 12.5 Å². The summed E-state index contributed by atoms with van der Waals surface area (Å²) in [4.78, 5) is 26.5. The standard InChI is InChI=1S/C22H23ClN2O4/c1-4-25(13-21(26)24-18-7-5-6-8-19(18)28-3)12-15-10-22(27)29-20-9-14(2)17(23)11-16(15)20/h5-11H,4,12-13H2,1-3H3,(H,24,26). The fourth-order valence-electron chi connectivity index (χ4n) is 3.14. The first-order valence-corrected chi connectivity index (χ1v) is 9.67. The van der Waals surface area contributed by atoms with E-state index in [1.807, 2.05) is 30.9 Å². The summed E-state index contributed by atoms with van der Waals surface area (Å²) in [5.74, 6) is 0.429. The Hall–Kier alpha value is -2.83. The molecule has 3 aromatic rings. The lowest BCUT2D eigenvalue weighted by Gasteiger charge is -2.21. The number of methoxy groups -OCH3 is 1. The number of nitrogens with one attached hydrogen (secondary N) is 1. The molecule has 0 unspecified atom stereocenters. The third-order valence-electron chi connectivity index (χ3n) is 4.70. The summed E-state index contributed by atoms with van der Waals surface area (Å²) in [7, 11) is 1.56. The molecule has 1 aromatic heterocycles. The number of anilines is 1. The highest BCUT2D eigenvalue weighted by atomic mass is 35.5. The summed E-state index contributed by atoms with van der Waals surface area (Å²) in [6, 6.07) is 12.2. The number of halogens is 1. The molecule has 0 spiro atoms. The minimum atomic E-state index is -0.427. The predicted molar refractivity (Wildman–Crippen MR) is 115 cm³/mol. The average Bonchev–Trinajstić information content (AvgIpc) is 2.69. The summed E-state index contributed by atoms with van der Waals surface area (Å²) in [5, 5.41) is 4.24. The van der Waals surface area contributed by atoms with Crippen LogP contribution in [0, 0.1) is 6.92 Å². The van der Waals surface area contributed by atoms with E-state index >= 15 is 0 Å². The van der Waals surface area contributed by atoms with Crippen LogP contribution in [0.4, 0.5) is 5.69 Å². The fourth-order valence-corrected chi connectivity index (χ4v) is 3.30. The van der Waals surface area contributed by atoms with Crippen molar-refractivity contribution in [3.63, 3.8) is 0 Å². The van der Waals surface area contributed by atoms with Gasteiger partial charge in [0, 0.05) is 23.0 Å². The molecule has 6 nitrogen and oxygen atoms in total. The SMILES string of the molecule is CCN(CC(=O)Nc1ccccc1OC)Cc1cc(=O)oc2cc(C)c(Cl)cc12. The quantitative estimate of drug-likeness (QED) is 0.586. The number of hydrogen-bond acceptors (Lipinski definition) is 5. The van der Waals surface area contributed by atoms with Crippen molar-refractivity contribution in [1.29, 1.82) is 0 Å². The Labute approximate surface area is 174 Å². The zero-order valence-electron chi connectivity index (χ0n) is 16.6. The lowest BCUT2D eigenvalue weighted by Crippen LogP contribution is -2.33. The lowest BCUT2D eigenvalue weighted by atomic mass is 10.1. The minimum absolute atomic E-state index is 0.163. The summed E-state index contributed by atoms with van der Waals surface area (Å²) in [6.45, 7) is 5.02. The van der Waals surface area contributed by atoms with E-state index in [4.69, 9.17) is 20.8 Å². The molecular formula is C22H23ClN2O4. The van der Waals surface area contributed by atoms with Crippen LogP contribution in [0.3, 0.4) is 0 Å². The van der Waals surface area contributed by atoms with E-state index in [0.29, 0.717) is 35.1 Å². The number of ether oxygens (including phenoxy) is 1. The van der Waals surface area contributed by atoms with Gasteiger partial charge >= 0.3 is 5.63 Å². The highest BCUT2D eigenvalue weighted by molar-refractivity contribution is 6.32. The highest BCUT2D eigenvalue weighted by Crippen LogP contribution is 2.26. The zero-order valence-corrected chi connectivity index (χ0v) is 17.4. The van der Waals surface area contributed by atoms with Gasteiger partial charge in [0.25, 0.3) is 0 Å². The van der Waals surface area contributed by atoms with Crippen LogP contribution < -0.4 is 15.7 Å². The van der Waals surface area contributed by atoms with Gasteiger partial charge in [-0.1, -0.05) is 30.7 Å². The number of hydrogen-bond donors (Lipinski definition) is 1. The molecule has 1 amide bonds. The Morgan fingerprint density at radius 2 is 2.00 bits per heavy atom. The molecular weight excluding hydrogens is 392 g/mol. The van der Waals surface area contributed by atoms with Gasteiger partial charge in [-0.2, -0.15) is 0 Å². The van der Waals surface area contributed by atoms with Gasteiger partial charge in [-0.25, -0.2) is 4.79 Å². The van der Waals surface area contributed by atoms with Crippen LogP contribution in [-0.4, -0.2) is 31.0 Å². The molecule has 152 valence electrons. The molecule has 0 saturated carbocycles. The highest BCUT2D eigenvalue weighted by Gasteiger charge is 2.15. The Kier molecular flexibility index (Phi) is 6.56. The van der Waals surface area contributed by atoms with E-state index in [1.165, 1.54) is 6.07 Å². The van der Waals surface area contributed by atoms with Gasteiger partial charge in [0.1, 0.15) is 11.3 Å². The van der Waals surface area contributed by atoms with Gasteiger partial charge in [-0.05, 0) is 48.9 Å². The molecule has 1 heterocycles. The molecule has 1 N–H and O–H groups in total. The van der Waals surface area contributed by atoms with Crippen molar-refractivity contribution in [3.8, 4) is 5.75 Å². The molecule has 0 radical (unpaired) electrons. The van der Waals surface area contributed by atoms with E-state index in [0.717, 1.165) is 16.5 Å². The van der Waals surface area contributed by atoms with Gasteiger partial charge in [0.15, 0.2) is 0 Å². The Morgan fingerprint density at radius 1 is 1.24 bits per heavy atom. The zero-order chi connectivity index (χ0) is 21.0. The second-order valence-electron chi connectivity index (χ2n) is 6.74. The molecule has 0 saturated heterocycles. The van der Waals surface area contributed by atoms with Crippen LogP contribution in [0.25, 0.3) is 11.0 Å². The van der Waals surface area contributed by atoms with Crippen molar-refractivity contribution in [1.82, 2.24) is 4.90 Å². The first-order valence-electron chi connectivity index (χ1n) is 9.29. The molecule has 2 aromatic carbocycles. The van der Waals surface area contributed by atoms with Crippen LogP contribution in [0.15, 0.2) is 51.7 Å². The number of likely N-dealkylation sites (N-methyl/N-ethyl adjacent to an activating group) is 1. The molecule has 3 rings (SSSR count). The average molecular weight is 415 g/mol. The first kappa shape index (κ1) is 20.9. The fraction of sp³-hybridized carbons (Fsp3) is 0.273. The van der Waals surface area contributed by atoms with Gasteiger partial charge in [-0.3, -0.25) is 9.69 Å². The summed E-state index contributed by atoms with van der Waals surface area (Å²) >= 11 is 6.26. The normalized spacial score (nSPS) is 11.1. The van der Waals surface area contributed by atoms with E-state index in [1.54, 1.807) is 31.4 Å². The maximum atomic E-state index is 12.6. The molecule has 0 aliphatic rings. The maximum absolute atomic E-state index is 12.6. The summed E-state index contributed by atoms with van der Waals surface area (Å²) in [5.41, 5.74) is 2.28. The van der Waals surface area contributed by atoms with Crippen LogP contribution in [0.5, 0.6) is 5.75 Å². The molecule has 0 bridgehead atoms. The van der Waals surface area contributed by atoms with Crippen LogP contribution in [0.2, 0.25) is 5.02 Å². The third-order valence-corrected chi connectivity index (χ3v) is 5.11. The first-order chi connectivity index (χ1) is 13.9. The second kappa shape index (κ2) is 9.11. The molecule has 0 atom stereocenters. The molecule has 0 fully saturated rings. The van der Waals surface area contributed by atoms with E-state index in [2.05, 4.69) is 5.32 Å². The number of para-hydroxylation sites is 2. The number of carbonyl (C=O) groups excluding carboxylic acids is 1. The van der Waals surface area contributed by atoms with Gasteiger partial charge in [0.2, 0.25) is 5.91 Å². The number of rotatable bonds is 7. The minimum Gasteiger partial charge on any atom is -0.495 e. The number of carbonyl (C=O) groups is 1.